The van der Waals surface area contributed by atoms with Crippen molar-refractivity contribution in [3.8, 4) is 5.69 Å². The van der Waals surface area contributed by atoms with Gasteiger partial charge in [-0.15, -0.1) is 5.10 Å². The molecule has 0 aliphatic carbocycles. The first-order valence-corrected chi connectivity index (χ1v) is 9.25. The molecular formula is C16H14N6O3S. The van der Waals surface area contributed by atoms with E-state index in [-0.39, 0.29) is 22.7 Å². The van der Waals surface area contributed by atoms with Crippen molar-refractivity contribution >= 4 is 21.9 Å². The van der Waals surface area contributed by atoms with Gasteiger partial charge in [-0.2, -0.15) is 9.67 Å². The Morgan fingerprint density at radius 2 is 1.96 bits per heavy atom. The maximum atomic E-state index is 12.5. The molecule has 1 aromatic carbocycles. The quantitative estimate of drug-likeness (QED) is 0.717. The van der Waals surface area contributed by atoms with E-state index in [1.807, 2.05) is 6.07 Å². The summed E-state index contributed by atoms with van der Waals surface area (Å²) in [6, 6.07) is 11.4. The smallest absolute Gasteiger partial charge is 0.291 e. The van der Waals surface area contributed by atoms with Crippen molar-refractivity contribution in [2.45, 2.75) is 17.9 Å². The number of nitrogens with one attached hydrogen (secondary N) is 2. The maximum Gasteiger partial charge on any atom is 0.291 e. The van der Waals surface area contributed by atoms with Crippen molar-refractivity contribution in [1.29, 1.82) is 0 Å². The molecule has 3 aromatic rings. The van der Waals surface area contributed by atoms with Crippen molar-refractivity contribution in [2.75, 3.05) is 4.72 Å². The van der Waals surface area contributed by atoms with Crippen LogP contribution in [0.2, 0.25) is 0 Å². The van der Waals surface area contributed by atoms with E-state index in [2.05, 4.69) is 25.1 Å². The van der Waals surface area contributed by atoms with Gasteiger partial charge in [0.05, 0.1) is 17.4 Å². The molecule has 9 nitrogen and oxygen atoms in total. The molecule has 26 heavy (non-hydrogen) atoms. The van der Waals surface area contributed by atoms with Crippen LogP contribution >= 0.6 is 0 Å². The number of fused-ring (bicyclic) bond motifs is 3. The Morgan fingerprint density at radius 1 is 1.19 bits per heavy atom. The van der Waals surface area contributed by atoms with Gasteiger partial charge in [-0.1, -0.05) is 18.2 Å². The van der Waals surface area contributed by atoms with Crippen LogP contribution in [0.3, 0.4) is 0 Å². The van der Waals surface area contributed by atoms with E-state index in [1.54, 1.807) is 43.5 Å². The van der Waals surface area contributed by atoms with Gasteiger partial charge in [0.2, 0.25) is 11.8 Å². The van der Waals surface area contributed by atoms with Crippen molar-refractivity contribution in [1.82, 2.24) is 25.1 Å². The van der Waals surface area contributed by atoms with Crippen LogP contribution in [0.15, 0.2) is 53.6 Å². The molecule has 0 radical (unpaired) electrons. The number of carbonyl (C=O) groups excluding carboxylic acids is 1. The zero-order valence-electron chi connectivity index (χ0n) is 13.6. The highest BCUT2D eigenvalue weighted by Crippen LogP contribution is 2.29. The first-order chi connectivity index (χ1) is 12.5. The number of carbonyl (C=O) groups is 1. The standard InChI is InChI=1S/C16H14N6O3S/c1-10(11-6-4-5-9-17-11)18-15(23)14-19-16-21-26(24,25)13-8-3-2-7-12(13)22(16)20-14/h2-10H,1H3,(H,18,23)(H,19,20,21)/t10-/m1/s1. The fraction of sp³-hybridized carbons (Fsp3) is 0.125. The van der Waals surface area contributed by atoms with Crippen molar-refractivity contribution in [3.05, 3.63) is 60.2 Å². The number of anilines is 1. The third-order valence-electron chi connectivity index (χ3n) is 3.90. The van der Waals surface area contributed by atoms with E-state index in [0.29, 0.717) is 11.4 Å². The third-order valence-corrected chi connectivity index (χ3v) is 5.27. The van der Waals surface area contributed by atoms with E-state index >= 15 is 0 Å². The van der Waals surface area contributed by atoms with Gasteiger partial charge in [-0.25, -0.2) is 13.1 Å². The highest BCUT2D eigenvalue weighted by molar-refractivity contribution is 7.92. The minimum atomic E-state index is -3.75. The van der Waals surface area contributed by atoms with Gasteiger partial charge < -0.3 is 5.32 Å². The van der Waals surface area contributed by atoms with Crippen LogP contribution in [0, 0.1) is 0 Å². The van der Waals surface area contributed by atoms with Crippen LogP contribution in [0.4, 0.5) is 5.95 Å². The SMILES string of the molecule is C[C@@H](NC(=O)c1nc2n(n1)-c1ccccc1S(=O)(=O)N2)c1ccccn1. The number of nitrogens with zero attached hydrogens (tertiary/aromatic N) is 4. The molecule has 0 saturated carbocycles. The number of sulfonamides is 1. The van der Waals surface area contributed by atoms with Crippen molar-refractivity contribution in [3.63, 3.8) is 0 Å². The molecule has 0 spiro atoms. The number of aromatic nitrogens is 4. The van der Waals surface area contributed by atoms with Crippen LogP contribution in [0.5, 0.6) is 0 Å². The summed E-state index contributed by atoms with van der Waals surface area (Å²) in [5, 5.41) is 6.90. The minimum Gasteiger partial charge on any atom is -0.341 e. The highest BCUT2D eigenvalue weighted by Gasteiger charge is 2.31. The van der Waals surface area contributed by atoms with Crippen LogP contribution in [0.1, 0.15) is 29.3 Å². The number of pyridine rings is 1. The van der Waals surface area contributed by atoms with Crippen LogP contribution < -0.4 is 10.0 Å². The number of benzene rings is 1. The monoisotopic (exact) mass is 370 g/mol. The minimum absolute atomic E-state index is 0.0284. The molecule has 0 bridgehead atoms. The molecule has 2 N–H and O–H groups in total. The van der Waals surface area contributed by atoms with Gasteiger partial charge in [0.25, 0.3) is 15.9 Å². The molecule has 1 atom stereocenters. The number of amides is 1. The average Bonchev–Trinajstić information content (AvgIpc) is 3.06. The molecule has 10 heteroatoms. The summed E-state index contributed by atoms with van der Waals surface area (Å²) in [6.07, 6.45) is 1.64. The normalized spacial score (nSPS) is 15.3. The predicted molar refractivity (Wildman–Crippen MR) is 92.3 cm³/mol. The Morgan fingerprint density at radius 3 is 2.73 bits per heavy atom. The van der Waals surface area contributed by atoms with E-state index in [0.717, 1.165) is 0 Å². The predicted octanol–water partition coefficient (Wildman–Crippen LogP) is 1.27. The van der Waals surface area contributed by atoms with Crippen LogP contribution in [0.25, 0.3) is 5.69 Å². The molecule has 0 saturated heterocycles. The second-order valence-electron chi connectivity index (χ2n) is 5.69. The third kappa shape index (κ3) is 2.69. The number of para-hydroxylation sites is 1. The first-order valence-electron chi connectivity index (χ1n) is 7.77. The maximum absolute atomic E-state index is 12.5. The Hall–Kier alpha value is -3.27. The number of hydrogen-bond donors (Lipinski definition) is 2. The second kappa shape index (κ2) is 5.92. The lowest BCUT2D eigenvalue weighted by Gasteiger charge is -2.17. The Balaban J connectivity index is 1.66. The molecule has 1 aliphatic rings. The Labute approximate surface area is 149 Å². The van der Waals surface area contributed by atoms with E-state index in [9.17, 15) is 13.2 Å². The first kappa shape index (κ1) is 16.2. The zero-order chi connectivity index (χ0) is 18.3. The molecule has 0 fully saturated rings. The topological polar surface area (TPSA) is 119 Å². The average molecular weight is 370 g/mol. The summed E-state index contributed by atoms with van der Waals surface area (Å²) >= 11 is 0. The van der Waals surface area contributed by atoms with Crippen LogP contribution in [-0.4, -0.2) is 34.1 Å². The lowest BCUT2D eigenvalue weighted by molar-refractivity contribution is 0.0928. The van der Waals surface area contributed by atoms with Gasteiger partial charge in [0, 0.05) is 6.20 Å². The summed E-state index contributed by atoms with van der Waals surface area (Å²) in [5.41, 5.74) is 1.03. The largest absolute Gasteiger partial charge is 0.341 e. The molecule has 4 rings (SSSR count). The van der Waals surface area contributed by atoms with Gasteiger partial charge >= 0.3 is 0 Å². The van der Waals surface area contributed by atoms with Gasteiger partial charge in [-0.3, -0.25) is 9.78 Å². The van der Waals surface area contributed by atoms with Gasteiger partial charge in [0.1, 0.15) is 4.90 Å². The van der Waals surface area contributed by atoms with E-state index in [4.69, 9.17) is 0 Å². The lowest BCUT2D eigenvalue weighted by Crippen LogP contribution is -2.28. The Kier molecular flexibility index (Phi) is 3.69. The van der Waals surface area contributed by atoms with Crippen molar-refractivity contribution < 1.29 is 13.2 Å². The van der Waals surface area contributed by atoms with Gasteiger partial charge in [0.15, 0.2) is 0 Å². The molecule has 0 unspecified atom stereocenters. The second-order valence-corrected chi connectivity index (χ2v) is 7.34. The molecule has 1 aliphatic heterocycles. The summed E-state index contributed by atoms with van der Waals surface area (Å²) in [7, 11) is -3.75. The number of rotatable bonds is 3. The fourth-order valence-corrected chi connectivity index (χ4v) is 3.81. The van der Waals surface area contributed by atoms with Crippen LogP contribution in [-0.2, 0) is 10.0 Å². The highest BCUT2D eigenvalue weighted by atomic mass is 32.2. The van der Waals surface area contributed by atoms with E-state index < -0.39 is 15.9 Å². The fourth-order valence-electron chi connectivity index (χ4n) is 2.64. The lowest BCUT2D eigenvalue weighted by atomic mass is 10.2. The summed E-state index contributed by atoms with van der Waals surface area (Å²) < 4.78 is 28.2. The molecule has 2 aromatic heterocycles. The van der Waals surface area contributed by atoms with E-state index in [1.165, 1.54) is 10.7 Å². The molecule has 3 heterocycles. The summed E-state index contributed by atoms with van der Waals surface area (Å²) in [5.74, 6) is -0.691. The van der Waals surface area contributed by atoms with Gasteiger partial charge in [-0.05, 0) is 31.2 Å². The molecule has 132 valence electrons. The Bertz CT molecular complexity index is 1090. The number of hydrogen-bond acceptors (Lipinski definition) is 6. The van der Waals surface area contributed by atoms with Crippen molar-refractivity contribution in [2.24, 2.45) is 0 Å². The molecular weight excluding hydrogens is 356 g/mol. The zero-order valence-corrected chi connectivity index (χ0v) is 14.4. The molecule has 1 amide bonds. The summed E-state index contributed by atoms with van der Waals surface area (Å²) in [6.45, 7) is 1.79. The summed E-state index contributed by atoms with van der Waals surface area (Å²) in [4.78, 5) is 20.7.